The Morgan fingerprint density at radius 1 is 1.15 bits per heavy atom. The van der Waals surface area contributed by atoms with Crippen LogP contribution in [-0.4, -0.2) is 33.0 Å². The van der Waals surface area contributed by atoms with Crippen LogP contribution in [0.1, 0.15) is 27.2 Å². The van der Waals surface area contributed by atoms with Crippen molar-refractivity contribution < 1.29 is 13.9 Å². The van der Waals surface area contributed by atoms with Gasteiger partial charge in [0.1, 0.15) is 23.1 Å². The molecule has 168 valence electrons. The normalized spacial score (nSPS) is 10.6. The van der Waals surface area contributed by atoms with Gasteiger partial charge in [-0.3, -0.25) is 4.79 Å². The standard InChI is InChI=1S/C24H23FN6O2/c1-16-9-17(11-21(10-16)33-2)14-31-15-20(29-30-31)13-27-24(32)22-7-4-8-26-23(22)28-19-6-3-5-18(25)12-19/h3-12,15H,13-14H2,1-2H3,(H,26,28)(H,27,32). The number of nitrogens with one attached hydrogen (secondary N) is 2. The summed E-state index contributed by atoms with van der Waals surface area (Å²) in [5.41, 5.74) is 3.58. The van der Waals surface area contributed by atoms with Crippen molar-refractivity contribution in [3.05, 3.63) is 95.2 Å². The maximum absolute atomic E-state index is 13.5. The van der Waals surface area contributed by atoms with E-state index in [1.54, 1.807) is 48.5 Å². The Balaban J connectivity index is 1.40. The van der Waals surface area contributed by atoms with Gasteiger partial charge in [0.2, 0.25) is 0 Å². The molecule has 2 aromatic carbocycles. The van der Waals surface area contributed by atoms with E-state index in [1.807, 2.05) is 19.1 Å². The van der Waals surface area contributed by atoms with E-state index in [9.17, 15) is 9.18 Å². The SMILES string of the molecule is COc1cc(C)cc(Cn2cc(CNC(=O)c3cccnc3Nc3cccc(F)c3)nn2)c1. The highest BCUT2D eigenvalue weighted by Crippen LogP contribution is 2.19. The minimum absolute atomic E-state index is 0.199. The average molecular weight is 446 g/mol. The average Bonchev–Trinajstić information content (AvgIpc) is 3.24. The highest BCUT2D eigenvalue weighted by molar-refractivity contribution is 5.99. The number of rotatable bonds is 8. The van der Waals surface area contributed by atoms with E-state index < -0.39 is 0 Å². The quantitative estimate of drug-likeness (QED) is 0.427. The van der Waals surface area contributed by atoms with E-state index in [2.05, 4.69) is 32.0 Å². The van der Waals surface area contributed by atoms with Crippen LogP contribution in [-0.2, 0) is 13.1 Å². The topological polar surface area (TPSA) is 94.0 Å². The van der Waals surface area contributed by atoms with Crippen molar-refractivity contribution in [1.29, 1.82) is 0 Å². The van der Waals surface area contributed by atoms with Gasteiger partial charge in [-0.1, -0.05) is 17.3 Å². The molecule has 8 nitrogen and oxygen atoms in total. The van der Waals surface area contributed by atoms with Crippen molar-refractivity contribution in [2.75, 3.05) is 12.4 Å². The molecule has 2 N–H and O–H groups in total. The molecular formula is C24H23FN6O2. The first kappa shape index (κ1) is 21.9. The zero-order valence-corrected chi connectivity index (χ0v) is 18.2. The molecule has 2 heterocycles. The molecule has 0 fully saturated rings. The van der Waals surface area contributed by atoms with Crippen molar-refractivity contribution in [3.8, 4) is 5.75 Å². The van der Waals surface area contributed by atoms with Crippen molar-refractivity contribution in [1.82, 2.24) is 25.3 Å². The Bertz CT molecular complexity index is 1270. The molecule has 0 saturated heterocycles. The molecule has 0 unspecified atom stereocenters. The van der Waals surface area contributed by atoms with Crippen LogP contribution in [0.25, 0.3) is 0 Å². The number of ether oxygens (including phenoxy) is 1. The smallest absolute Gasteiger partial charge is 0.255 e. The first-order valence-corrected chi connectivity index (χ1v) is 10.3. The monoisotopic (exact) mass is 446 g/mol. The molecule has 0 spiro atoms. The summed E-state index contributed by atoms with van der Waals surface area (Å²) in [6.07, 6.45) is 3.34. The number of amides is 1. The third-order valence-electron chi connectivity index (χ3n) is 4.85. The molecule has 0 aliphatic heterocycles. The second-order valence-electron chi connectivity index (χ2n) is 7.48. The van der Waals surface area contributed by atoms with Crippen LogP contribution in [0, 0.1) is 12.7 Å². The predicted octanol–water partition coefficient (Wildman–Crippen LogP) is 3.85. The number of methoxy groups -OCH3 is 1. The van der Waals surface area contributed by atoms with Crippen LogP contribution in [0.5, 0.6) is 5.75 Å². The molecule has 4 rings (SSSR count). The highest BCUT2D eigenvalue weighted by Gasteiger charge is 2.13. The third-order valence-corrected chi connectivity index (χ3v) is 4.85. The Kier molecular flexibility index (Phi) is 6.58. The van der Waals surface area contributed by atoms with Gasteiger partial charge in [-0.2, -0.15) is 0 Å². The minimum atomic E-state index is -0.380. The van der Waals surface area contributed by atoms with Crippen molar-refractivity contribution in [3.63, 3.8) is 0 Å². The number of aromatic nitrogens is 4. The van der Waals surface area contributed by atoms with Crippen molar-refractivity contribution >= 4 is 17.4 Å². The lowest BCUT2D eigenvalue weighted by atomic mass is 10.1. The molecule has 0 aliphatic carbocycles. The molecule has 0 saturated carbocycles. The molecular weight excluding hydrogens is 423 g/mol. The lowest BCUT2D eigenvalue weighted by Gasteiger charge is -2.10. The van der Waals surface area contributed by atoms with Gasteiger partial charge in [-0.15, -0.1) is 5.10 Å². The van der Waals surface area contributed by atoms with Crippen LogP contribution in [0.15, 0.2) is 67.0 Å². The van der Waals surface area contributed by atoms with Crippen LogP contribution >= 0.6 is 0 Å². The number of hydrogen-bond acceptors (Lipinski definition) is 6. The number of pyridine rings is 1. The molecule has 2 aromatic heterocycles. The third kappa shape index (κ3) is 5.70. The van der Waals surface area contributed by atoms with E-state index in [0.29, 0.717) is 29.3 Å². The van der Waals surface area contributed by atoms with Crippen LogP contribution < -0.4 is 15.4 Å². The van der Waals surface area contributed by atoms with Crippen molar-refractivity contribution in [2.45, 2.75) is 20.0 Å². The van der Waals surface area contributed by atoms with Crippen LogP contribution in [0.3, 0.4) is 0 Å². The molecule has 0 atom stereocenters. The van der Waals surface area contributed by atoms with Gasteiger partial charge in [-0.25, -0.2) is 14.1 Å². The molecule has 4 aromatic rings. The number of aryl methyl sites for hydroxylation is 1. The van der Waals surface area contributed by atoms with Gasteiger partial charge < -0.3 is 15.4 Å². The summed E-state index contributed by atoms with van der Waals surface area (Å²) in [5, 5.41) is 14.1. The van der Waals surface area contributed by atoms with E-state index >= 15 is 0 Å². The highest BCUT2D eigenvalue weighted by atomic mass is 19.1. The Labute approximate surface area is 190 Å². The second-order valence-corrected chi connectivity index (χ2v) is 7.48. The van der Waals surface area contributed by atoms with Gasteiger partial charge in [0.05, 0.1) is 32.0 Å². The molecule has 1 amide bonds. The number of anilines is 2. The maximum atomic E-state index is 13.5. The first-order chi connectivity index (χ1) is 16.0. The van der Waals surface area contributed by atoms with E-state index in [1.165, 1.54) is 12.1 Å². The molecule has 33 heavy (non-hydrogen) atoms. The maximum Gasteiger partial charge on any atom is 0.255 e. The number of halogens is 1. The fraction of sp³-hybridized carbons (Fsp3) is 0.167. The van der Waals surface area contributed by atoms with E-state index in [-0.39, 0.29) is 18.3 Å². The van der Waals surface area contributed by atoms with Gasteiger partial charge in [-0.05, 0) is 60.5 Å². The predicted molar refractivity (Wildman–Crippen MR) is 122 cm³/mol. The zero-order chi connectivity index (χ0) is 23.2. The molecule has 0 aliphatic rings. The number of nitrogens with zero attached hydrogens (tertiary/aromatic N) is 4. The summed E-state index contributed by atoms with van der Waals surface area (Å²) >= 11 is 0. The molecule has 0 radical (unpaired) electrons. The van der Waals surface area contributed by atoms with Gasteiger partial charge >= 0.3 is 0 Å². The first-order valence-electron chi connectivity index (χ1n) is 10.3. The fourth-order valence-electron chi connectivity index (χ4n) is 3.37. The van der Waals surface area contributed by atoms with Crippen LogP contribution in [0.2, 0.25) is 0 Å². The van der Waals surface area contributed by atoms with E-state index in [4.69, 9.17) is 4.74 Å². The Morgan fingerprint density at radius 3 is 2.85 bits per heavy atom. The number of carbonyl (C=O) groups is 1. The minimum Gasteiger partial charge on any atom is -0.497 e. The van der Waals surface area contributed by atoms with Gasteiger partial charge in [0.15, 0.2) is 0 Å². The summed E-state index contributed by atoms with van der Waals surface area (Å²) in [6.45, 7) is 2.73. The molecule has 9 heteroatoms. The zero-order valence-electron chi connectivity index (χ0n) is 18.2. The van der Waals surface area contributed by atoms with Crippen molar-refractivity contribution in [2.24, 2.45) is 0 Å². The lowest BCUT2D eigenvalue weighted by Crippen LogP contribution is -2.24. The number of carbonyl (C=O) groups excluding carboxylic acids is 1. The van der Waals surface area contributed by atoms with Crippen LogP contribution in [0.4, 0.5) is 15.9 Å². The van der Waals surface area contributed by atoms with E-state index in [0.717, 1.165) is 16.9 Å². The summed E-state index contributed by atoms with van der Waals surface area (Å²) < 4.78 is 20.5. The summed E-state index contributed by atoms with van der Waals surface area (Å²) in [5.74, 6) is 0.406. The fourth-order valence-corrected chi connectivity index (χ4v) is 3.37. The summed E-state index contributed by atoms with van der Waals surface area (Å²) in [4.78, 5) is 17.0. The largest absolute Gasteiger partial charge is 0.497 e. The summed E-state index contributed by atoms with van der Waals surface area (Å²) in [6, 6.07) is 15.2. The van der Waals surface area contributed by atoms with Gasteiger partial charge in [0.25, 0.3) is 5.91 Å². The second kappa shape index (κ2) is 9.90. The Morgan fingerprint density at radius 2 is 2.03 bits per heavy atom. The molecule has 0 bridgehead atoms. The lowest BCUT2D eigenvalue weighted by molar-refractivity contribution is 0.0951. The van der Waals surface area contributed by atoms with Gasteiger partial charge in [0, 0.05) is 11.9 Å². The number of benzene rings is 2. The Hall–Kier alpha value is -4.27. The number of hydrogen-bond donors (Lipinski definition) is 2. The summed E-state index contributed by atoms with van der Waals surface area (Å²) in [7, 11) is 1.64.